The summed E-state index contributed by atoms with van der Waals surface area (Å²) in [5.74, 6) is 0. The fourth-order valence-electron chi connectivity index (χ4n) is 6.61. The minimum absolute atomic E-state index is 0.0140. The average molecular weight is 641 g/mol. The van der Waals surface area contributed by atoms with Crippen LogP contribution >= 0.6 is 0 Å². The van der Waals surface area contributed by atoms with Crippen molar-refractivity contribution in [1.29, 1.82) is 0 Å². The molecule has 228 valence electrons. The van der Waals surface area contributed by atoms with Crippen molar-refractivity contribution in [2.75, 3.05) is 0 Å². The molecule has 0 N–H and O–H groups in total. The van der Waals surface area contributed by atoms with E-state index >= 15 is 0 Å². The number of benzene rings is 9. The monoisotopic (exact) mass is 640 g/mol. The first-order chi connectivity index (χ1) is 31.8. The molecule has 49 heavy (non-hydrogen) atoms. The molecule has 0 saturated heterocycles. The maximum atomic E-state index is 9.60. The van der Waals surface area contributed by atoms with Crippen LogP contribution in [0.25, 0.3) is 98.8 Å². The maximum Gasteiger partial charge on any atom is 0.136 e. The summed E-state index contributed by atoms with van der Waals surface area (Å²) in [6, 6.07) is 11.1. The Bertz CT molecular complexity index is 3830. The SMILES string of the molecule is [2H]c1c([2H])c([2H])c(-c2c([2H])c([2H])c3oc4c([2H])c([2H])c([2H])c(-c5c6ccccc6c(-c6cccc(-c7c([2H])c([2H])c8c([2H])c([2H])c([2H])c([2H])c8c7[2H])c6)c6ccccc56)c4c3c2[2H])c([2H])c1[2H]. The molecule has 0 bridgehead atoms. The molecular formula is C48H30O. The van der Waals surface area contributed by atoms with Gasteiger partial charge in [-0.25, -0.2) is 0 Å². The van der Waals surface area contributed by atoms with E-state index in [-0.39, 0.29) is 49.9 Å². The molecule has 0 radical (unpaired) electrons. The molecule has 0 saturated carbocycles. The molecule has 1 aromatic heterocycles. The molecule has 0 atom stereocenters. The minimum Gasteiger partial charge on any atom is -0.456 e. The van der Waals surface area contributed by atoms with Gasteiger partial charge in [-0.3, -0.25) is 0 Å². The van der Waals surface area contributed by atoms with Gasteiger partial charge in [0, 0.05) is 10.8 Å². The number of fused-ring (bicyclic) bond motifs is 6. The van der Waals surface area contributed by atoms with E-state index < -0.39 is 114 Å². The number of furan rings is 1. The van der Waals surface area contributed by atoms with E-state index in [1.165, 1.54) is 0 Å². The van der Waals surface area contributed by atoms with Crippen LogP contribution in [0.3, 0.4) is 0 Å². The molecular weight excluding hydrogens is 593 g/mol. The van der Waals surface area contributed by atoms with Crippen molar-refractivity contribution < 1.29 is 29.1 Å². The van der Waals surface area contributed by atoms with Gasteiger partial charge in [0.15, 0.2) is 0 Å². The average Bonchev–Trinajstić information content (AvgIpc) is 3.73. The van der Waals surface area contributed by atoms with Crippen molar-refractivity contribution in [1.82, 2.24) is 0 Å². The van der Waals surface area contributed by atoms with Crippen LogP contribution in [0.1, 0.15) is 24.7 Å². The predicted molar refractivity (Wildman–Crippen MR) is 208 cm³/mol. The van der Waals surface area contributed by atoms with Gasteiger partial charge in [0.25, 0.3) is 0 Å². The lowest BCUT2D eigenvalue weighted by atomic mass is 9.84. The molecule has 0 fully saturated rings. The molecule has 0 aliphatic heterocycles. The van der Waals surface area contributed by atoms with Gasteiger partial charge in [-0.1, -0.05) is 151 Å². The lowest BCUT2D eigenvalue weighted by molar-refractivity contribution is 0.669. The molecule has 1 nitrogen and oxygen atoms in total. The molecule has 0 amide bonds. The highest BCUT2D eigenvalue weighted by atomic mass is 16.3. The lowest BCUT2D eigenvalue weighted by Gasteiger charge is -2.18. The van der Waals surface area contributed by atoms with Gasteiger partial charge in [0.2, 0.25) is 0 Å². The van der Waals surface area contributed by atoms with Crippen LogP contribution in [0.2, 0.25) is 0 Å². The molecule has 1 heteroatoms. The first-order valence-corrected chi connectivity index (χ1v) is 15.4. The van der Waals surface area contributed by atoms with E-state index in [4.69, 9.17) is 25.0 Å². The normalized spacial score (nSPS) is 16.8. The second kappa shape index (κ2) is 11.1. The largest absolute Gasteiger partial charge is 0.456 e. The van der Waals surface area contributed by atoms with Crippen LogP contribution in [0.4, 0.5) is 0 Å². The Balaban J connectivity index is 1.31. The summed E-state index contributed by atoms with van der Waals surface area (Å²) in [4.78, 5) is 0. The van der Waals surface area contributed by atoms with Crippen molar-refractivity contribution in [3.8, 4) is 44.5 Å². The first-order valence-electron chi connectivity index (χ1n) is 24.4. The summed E-state index contributed by atoms with van der Waals surface area (Å²) >= 11 is 0. The Kier molecular flexibility index (Phi) is 3.43. The smallest absolute Gasteiger partial charge is 0.136 e. The second-order valence-corrected chi connectivity index (χ2v) is 11.4. The fourth-order valence-corrected chi connectivity index (χ4v) is 6.61. The number of hydrogen-bond donors (Lipinski definition) is 0. The third-order valence-electron chi connectivity index (χ3n) is 8.69. The number of rotatable bonds is 4. The standard InChI is InChI=1S/C48H30O/c1-2-12-31(13-3-1)36-26-27-44-43(30-36)48-42(22-11-23-45(48)49-44)47-40-20-8-6-18-38(40)46(39-19-7-9-21-41(39)47)37-17-10-16-34(29-37)35-25-24-32-14-4-5-15-33(32)28-35/h1-30H/i1D,2D,3D,4D,5D,11D,12D,13D,14D,15D,22D,23D,24D,25D,26D,27D,28D,30D. The summed E-state index contributed by atoms with van der Waals surface area (Å²) in [5.41, 5.74) is 0.464. The van der Waals surface area contributed by atoms with E-state index in [1.807, 2.05) is 18.2 Å². The first kappa shape index (κ1) is 15.2. The third kappa shape index (κ3) is 4.47. The van der Waals surface area contributed by atoms with E-state index in [0.717, 1.165) is 0 Å². The van der Waals surface area contributed by atoms with Gasteiger partial charge in [0.1, 0.15) is 11.2 Å². The van der Waals surface area contributed by atoms with Crippen LogP contribution in [0.5, 0.6) is 0 Å². The summed E-state index contributed by atoms with van der Waals surface area (Å²) in [6.45, 7) is 0. The van der Waals surface area contributed by atoms with Gasteiger partial charge in [-0.05, 0) is 107 Å². The zero-order chi connectivity index (χ0) is 48.0. The summed E-state index contributed by atoms with van der Waals surface area (Å²) in [6.07, 6.45) is 0. The topological polar surface area (TPSA) is 13.1 Å². The van der Waals surface area contributed by atoms with E-state index in [9.17, 15) is 4.11 Å². The Morgan fingerprint density at radius 2 is 1.04 bits per heavy atom. The van der Waals surface area contributed by atoms with Gasteiger partial charge < -0.3 is 4.42 Å². The van der Waals surface area contributed by atoms with Gasteiger partial charge >= 0.3 is 0 Å². The summed E-state index contributed by atoms with van der Waals surface area (Å²) in [5, 5.41) is 1.69. The fraction of sp³-hybridized carbons (Fsp3) is 0. The quantitative estimate of drug-likeness (QED) is 0.174. The van der Waals surface area contributed by atoms with Crippen LogP contribution in [0.15, 0.2) is 186 Å². The van der Waals surface area contributed by atoms with Gasteiger partial charge in [-0.15, -0.1) is 0 Å². The van der Waals surface area contributed by atoms with Crippen LogP contribution in [0, 0.1) is 0 Å². The van der Waals surface area contributed by atoms with E-state index in [1.54, 1.807) is 54.6 Å². The highest BCUT2D eigenvalue weighted by Gasteiger charge is 2.20. The number of hydrogen-bond acceptors (Lipinski definition) is 1. The zero-order valence-electron chi connectivity index (χ0n) is 43.3. The minimum atomic E-state index is -0.710. The molecule has 0 spiro atoms. The Morgan fingerprint density at radius 1 is 0.388 bits per heavy atom. The lowest BCUT2D eigenvalue weighted by Crippen LogP contribution is -1.91. The Labute approximate surface area is 309 Å². The Morgan fingerprint density at radius 3 is 1.82 bits per heavy atom. The van der Waals surface area contributed by atoms with Crippen molar-refractivity contribution in [2.45, 2.75) is 0 Å². The highest BCUT2D eigenvalue weighted by molar-refractivity contribution is 6.25. The summed E-state index contributed by atoms with van der Waals surface area (Å²) < 4.78 is 164. The molecule has 1 heterocycles. The van der Waals surface area contributed by atoms with E-state index in [2.05, 4.69) is 0 Å². The zero-order valence-corrected chi connectivity index (χ0v) is 25.3. The second-order valence-electron chi connectivity index (χ2n) is 11.4. The molecule has 0 unspecified atom stereocenters. The maximum absolute atomic E-state index is 9.60. The predicted octanol–water partition coefficient (Wildman–Crippen LogP) is 13.7. The van der Waals surface area contributed by atoms with Crippen LogP contribution in [-0.4, -0.2) is 0 Å². The molecule has 10 aromatic rings. The van der Waals surface area contributed by atoms with Crippen molar-refractivity contribution in [3.63, 3.8) is 0 Å². The van der Waals surface area contributed by atoms with Crippen LogP contribution in [-0.2, 0) is 0 Å². The molecule has 10 rings (SSSR count). The molecule has 0 aliphatic carbocycles. The third-order valence-corrected chi connectivity index (χ3v) is 8.69. The highest BCUT2D eigenvalue weighted by Crippen LogP contribution is 2.47. The van der Waals surface area contributed by atoms with Crippen molar-refractivity contribution in [3.05, 3.63) is 182 Å². The molecule has 9 aromatic carbocycles. The summed E-state index contributed by atoms with van der Waals surface area (Å²) in [7, 11) is 0. The van der Waals surface area contributed by atoms with Gasteiger partial charge in [-0.2, -0.15) is 0 Å². The van der Waals surface area contributed by atoms with Crippen LogP contribution < -0.4 is 0 Å². The van der Waals surface area contributed by atoms with E-state index in [0.29, 0.717) is 43.8 Å². The Hall–Kier alpha value is -6.44. The van der Waals surface area contributed by atoms with Crippen molar-refractivity contribution >= 4 is 54.3 Å². The van der Waals surface area contributed by atoms with Gasteiger partial charge in [0.05, 0.1) is 24.7 Å². The molecule has 0 aliphatic rings. The van der Waals surface area contributed by atoms with Crippen molar-refractivity contribution in [2.24, 2.45) is 0 Å².